The summed E-state index contributed by atoms with van der Waals surface area (Å²) < 4.78 is 1.86. The van der Waals surface area contributed by atoms with Gasteiger partial charge in [-0.05, 0) is 45.1 Å². The largest absolute Gasteiger partial charge is 0.400 e. The first-order valence-corrected chi connectivity index (χ1v) is 8.89. The van der Waals surface area contributed by atoms with Crippen molar-refractivity contribution in [3.8, 4) is 0 Å². The van der Waals surface area contributed by atoms with Crippen molar-refractivity contribution in [1.29, 1.82) is 0 Å². The third kappa shape index (κ3) is 5.90. The number of aliphatic hydroxyl groups excluding tert-OH is 1. The number of aliphatic hydroxyl groups is 1. The highest BCUT2D eigenvalue weighted by molar-refractivity contribution is 5.83. The second-order valence-corrected chi connectivity index (χ2v) is 5.96. The van der Waals surface area contributed by atoms with E-state index < -0.39 is 5.41 Å². The number of carbonyl (C=O) groups is 1. The summed E-state index contributed by atoms with van der Waals surface area (Å²) in [5, 5.41) is 7.00. The topological polar surface area (TPSA) is 93.5 Å². The molecule has 0 bridgehead atoms. The number of rotatable bonds is 6. The van der Waals surface area contributed by atoms with Crippen molar-refractivity contribution >= 4 is 12.1 Å². The molecule has 6 heteroatoms. The number of carbonyl (C=O) groups excluding carboxylic acids is 1. The summed E-state index contributed by atoms with van der Waals surface area (Å²) in [7, 11) is 1.00. The molecule has 0 aromatic carbocycles. The number of imidazole rings is 1. The zero-order chi connectivity index (χ0) is 19.5. The van der Waals surface area contributed by atoms with E-state index in [2.05, 4.69) is 16.9 Å². The van der Waals surface area contributed by atoms with Gasteiger partial charge in [-0.3, -0.25) is 4.57 Å². The highest BCUT2D eigenvalue weighted by Crippen LogP contribution is 2.54. The Balaban J connectivity index is 0.00000134. The van der Waals surface area contributed by atoms with Crippen LogP contribution in [0.3, 0.4) is 0 Å². The lowest BCUT2D eigenvalue weighted by Gasteiger charge is -2.10. The molecule has 1 aromatic rings. The summed E-state index contributed by atoms with van der Waals surface area (Å²) in [4.78, 5) is 20.3. The van der Waals surface area contributed by atoms with Gasteiger partial charge in [-0.2, -0.15) is 0 Å². The molecule has 2 unspecified atom stereocenters. The Morgan fingerprint density at radius 1 is 1.56 bits per heavy atom. The molecule has 0 saturated heterocycles. The zero-order valence-corrected chi connectivity index (χ0v) is 16.4. The Morgan fingerprint density at radius 3 is 2.72 bits per heavy atom. The predicted octanol–water partition coefficient (Wildman–Crippen LogP) is 2.76. The monoisotopic (exact) mass is 350 g/mol. The smallest absolute Gasteiger partial charge is 0.132 e. The summed E-state index contributed by atoms with van der Waals surface area (Å²) in [6, 6.07) is 0. The summed E-state index contributed by atoms with van der Waals surface area (Å²) in [6.45, 7) is 10.6. The normalized spacial score (nSPS) is 23.2. The van der Waals surface area contributed by atoms with Gasteiger partial charge in [0, 0.05) is 19.5 Å². The number of aromatic nitrogens is 2. The average molecular weight is 351 g/mol. The minimum Gasteiger partial charge on any atom is -0.400 e. The predicted molar refractivity (Wildman–Crippen MR) is 104 cm³/mol. The minimum atomic E-state index is -0.407. The van der Waals surface area contributed by atoms with Crippen molar-refractivity contribution < 1.29 is 9.90 Å². The van der Waals surface area contributed by atoms with Gasteiger partial charge in [0.05, 0.1) is 11.1 Å². The van der Waals surface area contributed by atoms with Crippen LogP contribution in [0.4, 0.5) is 0 Å². The van der Waals surface area contributed by atoms with Gasteiger partial charge in [0.25, 0.3) is 0 Å². The average Bonchev–Trinajstić information content (AvgIpc) is 3.14. The Kier molecular flexibility index (Phi) is 10.9. The van der Waals surface area contributed by atoms with Gasteiger partial charge < -0.3 is 15.6 Å². The molecule has 1 aliphatic carbocycles. The van der Waals surface area contributed by atoms with Gasteiger partial charge in [0.15, 0.2) is 0 Å². The van der Waals surface area contributed by atoms with E-state index in [0.717, 1.165) is 37.8 Å². The number of nitrogens with zero attached hydrogens (tertiary/aromatic N) is 3. The molecule has 0 spiro atoms. The van der Waals surface area contributed by atoms with E-state index in [0.29, 0.717) is 18.4 Å². The van der Waals surface area contributed by atoms with Gasteiger partial charge in [-0.15, -0.1) is 0 Å². The molecule has 3 N–H and O–H groups in total. The number of hydrogen-bond acceptors (Lipinski definition) is 5. The van der Waals surface area contributed by atoms with E-state index in [1.165, 1.54) is 0 Å². The molecule has 1 heterocycles. The molecule has 1 aliphatic rings. The molecule has 0 aliphatic heterocycles. The van der Waals surface area contributed by atoms with E-state index in [4.69, 9.17) is 10.8 Å². The number of aldehydes is 1. The molecule has 6 nitrogen and oxygen atoms in total. The molecule has 0 amide bonds. The molecular formula is C19H34N4O2. The number of hydrogen-bond donors (Lipinski definition) is 2. The highest BCUT2D eigenvalue weighted by atomic mass is 16.2. The van der Waals surface area contributed by atoms with Gasteiger partial charge >= 0.3 is 0 Å². The maximum Gasteiger partial charge on any atom is 0.132 e. The van der Waals surface area contributed by atoms with Gasteiger partial charge in [0.2, 0.25) is 0 Å². The molecule has 2 rings (SSSR count). The summed E-state index contributed by atoms with van der Waals surface area (Å²) >= 11 is 0. The first kappa shape index (κ1) is 23.2. The third-order valence-electron chi connectivity index (χ3n) is 4.30. The molecule has 3 atom stereocenters. The Labute approximate surface area is 151 Å². The Hall–Kier alpha value is -1.79. The van der Waals surface area contributed by atoms with Crippen molar-refractivity contribution in [3.05, 3.63) is 30.5 Å². The fourth-order valence-electron chi connectivity index (χ4n) is 2.73. The van der Waals surface area contributed by atoms with Gasteiger partial charge in [-0.25, -0.2) is 9.98 Å². The van der Waals surface area contributed by atoms with Crippen LogP contribution in [0.5, 0.6) is 0 Å². The Morgan fingerprint density at radius 2 is 2.20 bits per heavy atom. The van der Waals surface area contributed by atoms with Crippen molar-refractivity contribution in [2.45, 2.75) is 52.9 Å². The van der Waals surface area contributed by atoms with E-state index in [1.54, 1.807) is 12.5 Å². The molecule has 1 fully saturated rings. The maximum absolute atomic E-state index is 11.6. The standard InChI is InChI=1S/C16H24N4O.C2H6.CH4O/c1-4-5-18-13(3)20-9-15(19-11-20)16(10-21)7-14(16)6-12(2)8-17;2*1-2/h4-5,9-12,14H,6-8,17H2,1-3H3;1-2H3;2H,1H3/b5-4-,18-13?;;/t12-,14?,16?;;/m1../s1. The lowest BCUT2D eigenvalue weighted by Crippen LogP contribution is -2.17. The quantitative estimate of drug-likeness (QED) is 0.469. The molecule has 25 heavy (non-hydrogen) atoms. The fraction of sp³-hybridized carbons (Fsp3) is 0.632. The number of nitrogens with two attached hydrogens (primary N) is 1. The zero-order valence-electron chi connectivity index (χ0n) is 16.4. The van der Waals surface area contributed by atoms with Gasteiger partial charge in [-0.1, -0.05) is 26.8 Å². The van der Waals surface area contributed by atoms with Crippen LogP contribution in [-0.2, 0) is 10.2 Å². The van der Waals surface area contributed by atoms with Crippen molar-refractivity contribution in [1.82, 2.24) is 9.55 Å². The fourth-order valence-corrected chi connectivity index (χ4v) is 2.73. The minimum absolute atomic E-state index is 0.365. The summed E-state index contributed by atoms with van der Waals surface area (Å²) in [5.41, 5.74) is 6.12. The third-order valence-corrected chi connectivity index (χ3v) is 4.30. The summed E-state index contributed by atoms with van der Waals surface area (Å²) in [6.07, 6.45) is 10.2. The molecule has 1 aromatic heterocycles. The number of aliphatic imine (C=N–C) groups is 1. The van der Waals surface area contributed by atoms with E-state index in [9.17, 15) is 4.79 Å². The first-order chi connectivity index (χ1) is 12.1. The molecular weight excluding hydrogens is 316 g/mol. The van der Waals surface area contributed by atoms with Crippen LogP contribution in [0.1, 0.15) is 53.2 Å². The molecule has 142 valence electrons. The van der Waals surface area contributed by atoms with Crippen LogP contribution in [0.25, 0.3) is 0 Å². The maximum atomic E-state index is 11.6. The molecule has 0 radical (unpaired) electrons. The second kappa shape index (κ2) is 11.7. The van der Waals surface area contributed by atoms with Crippen molar-refractivity contribution in [2.75, 3.05) is 13.7 Å². The highest BCUT2D eigenvalue weighted by Gasteiger charge is 2.56. The SMILES string of the molecule is C/C=C\N=C(C)n1cnc(C2(C=O)CC2C[C@@H](C)CN)c1.CC.CO. The lowest BCUT2D eigenvalue weighted by molar-refractivity contribution is -0.110. The van der Waals surface area contributed by atoms with Crippen LogP contribution in [0.15, 0.2) is 29.8 Å². The van der Waals surface area contributed by atoms with E-state index in [-0.39, 0.29) is 0 Å². The first-order valence-electron chi connectivity index (χ1n) is 8.89. The number of allylic oxidation sites excluding steroid dienone is 1. The Bertz CT molecular complexity index is 566. The van der Waals surface area contributed by atoms with Crippen LogP contribution in [0.2, 0.25) is 0 Å². The lowest BCUT2D eigenvalue weighted by atomic mass is 9.95. The summed E-state index contributed by atoms with van der Waals surface area (Å²) in [5.74, 6) is 1.64. The van der Waals surface area contributed by atoms with Crippen LogP contribution in [-0.4, -0.2) is 40.4 Å². The molecule has 1 saturated carbocycles. The van der Waals surface area contributed by atoms with Crippen LogP contribution >= 0.6 is 0 Å². The van der Waals surface area contributed by atoms with Crippen molar-refractivity contribution in [2.24, 2.45) is 22.6 Å². The van der Waals surface area contributed by atoms with Crippen LogP contribution in [0, 0.1) is 11.8 Å². The van der Waals surface area contributed by atoms with E-state index >= 15 is 0 Å². The van der Waals surface area contributed by atoms with Crippen LogP contribution < -0.4 is 5.73 Å². The van der Waals surface area contributed by atoms with E-state index in [1.807, 2.05) is 44.5 Å². The second-order valence-electron chi connectivity index (χ2n) is 5.96. The van der Waals surface area contributed by atoms with Gasteiger partial charge in [0.1, 0.15) is 18.4 Å². The van der Waals surface area contributed by atoms with Crippen molar-refractivity contribution in [3.63, 3.8) is 0 Å².